The quantitative estimate of drug-likeness (QED) is 0.787. The van der Waals surface area contributed by atoms with E-state index in [-0.39, 0.29) is 12.1 Å². The Morgan fingerprint density at radius 1 is 1.67 bits per heavy atom. The zero-order valence-corrected chi connectivity index (χ0v) is 8.68. The fraction of sp³-hybridized carbons (Fsp3) is 0.778. The monoisotopic (exact) mass is 213 g/mol. The van der Waals surface area contributed by atoms with Crippen molar-refractivity contribution in [3.8, 4) is 0 Å². The molecule has 2 N–H and O–H groups in total. The highest BCUT2D eigenvalue weighted by atomic mass is 16.5. The van der Waals surface area contributed by atoms with E-state index in [0.29, 0.717) is 18.3 Å². The number of nitrogens with two attached hydrogens (primary N) is 1. The first-order chi connectivity index (χ1) is 7.31. The van der Waals surface area contributed by atoms with Crippen LogP contribution in [-0.2, 0) is 9.47 Å². The lowest BCUT2D eigenvalue weighted by molar-refractivity contribution is 0.103. The van der Waals surface area contributed by atoms with Crippen molar-refractivity contribution in [2.24, 2.45) is 5.73 Å². The lowest BCUT2D eigenvalue weighted by atomic mass is 10.2. The van der Waals surface area contributed by atoms with Crippen LogP contribution in [0.15, 0.2) is 4.52 Å². The van der Waals surface area contributed by atoms with Gasteiger partial charge in [-0.15, -0.1) is 0 Å². The highest BCUT2D eigenvalue weighted by Gasteiger charge is 2.24. The van der Waals surface area contributed by atoms with Crippen molar-refractivity contribution < 1.29 is 14.0 Å². The molecule has 0 aliphatic carbocycles. The first kappa shape index (κ1) is 10.5. The van der Waals surface area contributed by atoms with Crippen molar-refractivity contribution in [1.82, 2.24) is 10.1 Å². The molecule has 0 aromatic carbocycles. The van der Waals surface area contributed by atoms with E-state index in [1.165, 1.54) is 0 Å². The first-order valence-corrected chi connectivity index (χ1v) is 5.01. The van der Waals surface area contributed by atoms with Crippen LogP contribution in [0.2, 0.25) is 0 Å². The van der Waals surface area contributed by atoms with Gasteiger partial charge in [0, 0.05) is 13.7 Å². The largest absolute Gasteiger partial charge is 0.383 e. The third kappa shape index (κ3) is 2.34. The van der Waals surface area contributed by atoms with E-state index in [1.54, 1.807) is 7.11 Å². The highest BCUT2D eigenvalue weighted by molar-refractivity contribution is 4.96. The van der Waals surface area contributed by atoms with Gasteiger partial charge in [-0.05, 0) is 12.8 Å². The van der Waals surface area contributed by atoms with Crippen molar-refractivity contribution >= 4 is 0 Å². The minimum absolute atomic E-state index is 0.0303. The molecule has 0 saturated carbocycles. The van der Waals surface area contributed by atoms with Gasteiger partial charge in [0.05, 0.1) is 6.61 Å². The lowest BCUT2D eigenvalue weighted by Gasteiger charge is -2.03. The second kappa shape index (κ2) is 4.69. The minimum Gasteiger partial charge on any atom is -0.383 e. The highest BCUT2D eigenvalue weighted by Crippen LogP contribution is 2.26. The zero-order chi connectivity index (χ0) is 10.7. The molecule has 2 atom stereocenters. The Kier molecular flexibility index (Phi) is 3.30. The molecule has 1 aliphatic heterocycles. The molecular formula is C9H15N3O3. The van der Waals surface area contributed by atoms with Crippen LogP contribution < -0.4 is 5.73 Å². The molecule has 0 amide bonds. The number of methoxy groups -OCH3 is 1. The van der Waals surface area contributed by atoms with E-state index in [2.05, 4.69) is 10.1 Å². The van der Waals surface area contributed by atoms with Gasteiger partial charge in [-0.2, -0.15) is 4.98 Å². The van der Waals surface area contributed by atoms with Crippen molar-refractivity contribution in [1.29, 1.82) is 0 Å². The lowest BCUT2D eigenvalue weighted by Crippen LogP contribution is -2.16. The maximum atomic E-state index is 5.76. The topological polar surface area (TPSA) is 83.4 Å². The molecule has 0 spiro atoms. The van der Waals surface area contributed by atoms with Crippen LogP contribution >= 0.6 is 0 Å². The van der Waals surface area contributed by atoms with Gasteiger partial charge in [0.25, 0.3) is 0 Å². The van der Waals surface area contributed by atoms with Crippen LogP contribution in [0.3, 0.4) is 0 Å². The normalized spacial score (nSPS) is 23.2. The Morgan fingerprint density at radius 2 is 2.53 bits per heavy atom. The summed E-state index contributed by atoms with van der Waals surface area (Å²) >= 11 is 0. The maximum Gasteiger partial charge on any atom is 0.246 e. The Morgan fingerprint density at radius 3 is 3.20 bits per heavy atom. The summed E-state index contributed by atoms with van der Waals surface area (Å²) in [6.07, 6.45) is 1.95. The summed E-state index contributed by atoms with van der Waals surface area (Å²) in [6.45, 7) is 1.13. The molecular weight excluding hydrogens is 198 g/mol. The minimum atomic E-state index is -0.363. The fourth-order valence-corrected chi connectivity index (χ4v) is 1.56. The molecule has 6 heteroatoms. The molecule has 1 saturated heterocycles. The Hall–Kier alpha value is -0.980. The molecule has 0 radical (unpaired) electrons. The molecule has 1 aliphatic rings. The average Bonchev–Trinajstić information content (AvgIpc) is 2.89. The van der Waals surface area contributed by atoms with Gasteiger partial charge in [0.2, 0.25) is 11.7 Å². The van der Waals surface area contributed by atoms with Crippen molar-refractivity contribution in [3.05, 3.63) is 11.7 Å². The second-order valence-corrected chi connectivity index (χ2v) is 3.55. The number of hydrogen-bond acceptors (Lipinski definition) is 6. The number of rotatable bonds is 4. The molecule has 2 heterocycles. The van der Waals surface area contributed by atoms with Crippen molar-refractivity contribution in [3.63, 3.8) is 0 Å². The number of aromatic nitrogens is 2. The molecule has 6 nitrogen and oxygen atoms in total. The predicted octanol–water partition coefficient (Wildman–Crippen LogP) is 0.567. The summed E-state index contributed by atoms with van der Waals surface area (Å²) < 4.78 is 15.4. The van der Waals surface area contributed by atoms with Crippen LogP contribution in [0.5, 0.6) is 0 Å². The van der Waals surface area contributed by atoms with E-state index < -0.39 is 0 Å². The molecule has 15 heavy (non-hydrogen) atoms. The summed E-state index contributed by atoms with van der Waals surface area (Å²) in [5.74, 6) is 0.997. The van der Waals surface area contributed by atoms with Gasteiger partial charge in [-0.25, -0.2) is 0 Å². The van der Waals surface area contributed by atoms with Gasteiger partial charge >= 0.3 is 0 Å². The van der Waals surface area contributed by atoms with E-state index in [4.69, 9.17) is 19.7 Å². The molecule has 84 valence electrons. The molecule has 2 unspecified atom stereocenters. The molecule has 1 aromatic rings. The number of ether oxygens (including phenoxy) is 2. The first-order valence-electron chi connectivity index (χ1n) is 5.01. The average molecular weight is 213 g/mol. The van der Waals surface area contributed by atoms with Gasteiger partial charge in [-0.1, -0.05) is 5.16 Å². The second-order valence-electron chi connectivity index (χ2n) is 3.55. The molecule has 2 rings (SSSR count). The standard InChI is InChI=1S/C9H15N3O3/c1-13-5-6(10)9-11-8(12-15-9)7-3-2-4-14-7/h6-7H,2-5,10H2,1H3. The zero-order valence-electron chi connectivity index (χ0n) is 8.68. The Balaban J connectivity index is 2.02. The number of nitrogens with zero attached hydrogens (tertiary/aromatic N) is 2. The maximum absolute atomic E-state index is 5.76. The van der Waals surface area contributed by atoms with E-state index in [9.17, 15) is 0 Å². The van der Waals surface area contributed by atoms with Gasteiger partial charge in [-0.3, -0.25) is 0 Å². The summed E-state index contributed by atoms with van der Waals surface area (Å²) in [5, 5.41) is 3.85. The summed E-state index contributed by atoms with van der Waals surface area (Å²) in [5.41, 5.74) is 5.76. The smallest absolute Gasteiger partial charge is 0.246 e. The number of hydrogen-bond donors (Lipinski definition) is 1. The third-order valence-electron chi connectivity index (χ3n) is 2.34. The molecule has 1 aromatic heterocycles. The Labute approximate surface area is 87.7 Å². The van der Waals surface area contributed by atoms with Crippen LogP contribution in [0, 0.1) is 0 Å². The van der Waals surface area contributed by atoms with Crippen molar-refractivity contribution in [2.45, 2.75) is 25.0 Å². The van der Waals surface area contributed by atoms with E-state index in [1.807, 2.05) is 0 Å². The van der Waals surface area contributed by atoms with Crippen LogP contribution in [-0.4, -0.2) is 30.5 Å². The Bertz CT molecular complexity index is 309. The molecule has 0 bridgehead atoms. The van der Waals surface area contributed by atoms with Crippen LogP contribution in [0.25, 0.3) is 0 Å². The molecule has 1 fully saturated rings. The van der Waals surface area contributed by atoms with Gasteiger partial charge in [0.15, 0.2) is 0 Å². The third-order valence-corrected chi connectivity index (χ3v) is 2.34. The van der Waals surface area contributed by atoms with Crippen LogP contribution in [0.1, 0.15) is 36.7 Å². The predicted molar refractivity (Wildman–Crippen MR) is 51.0 cm³/mol. The van der Waals surface area contributed by atoms with Gasteiger partial charge < -0.3 is 19.7 Å². The van der Waals surface area contributed by atoms with Crippen molar-refractivity contribution in [2.75, 3.05) is 20.3 Å². The van der Waals surface area contributed by atoms with Crippen LogP contribution in [0.4, 0.5) is 0 Å². The SMILES string of the molecule is COCC(N)c1nc(C2CCCO2)no1. The summed E-state index contributed by atoms with van der Waals surface area (Å²) in [7, 11) is 1.58. The summed E-state index contributed by atoms with van der Waals surface area (Å²) in [6, 6.07) is -0.363. The van der Waals surface area contributed by atoms with E-state index >= 15 is 0 Å². The van der Waals surface area contributed by atoms with E-state index in [0.717, 1.165) is 19.4 Å². The van der Waals surface area contributed by atoms with Gasteiger partial charge in [0.1, 0.15) is 12.1 Å². The summed E-state index contributed by atoms with van der Waals surface area (Å²) in [4.78, 5) is 4.20. The fourth-order valence-electron chi connectivity index (χ4n) is 1.56.